The van der Waals surface area contributed by atoms with E-state index in [0.717, 1.165) is 12.0 Å². The number of hydrogen-bond acceptors (Lipinski definition) is 7. The molecule has 0 N–H and O–H groups in total. The molecule has 31 heavy (non-hydrogen) atoms. The number of aryl methyl sites for hydroxylation is 1. The molecular formula is C24H20O7. The third-order valence-corrected chi connectivity index (χ3v) is 4.88. The molecule has 7 nitrogen and oxygen atoms in total. The number of rotatable bonds is 6. The number of hydrogen-bond donors (Lipinski definition) is 0. The van der Waals surface area contributed by atoms with Crippen LogP contribution in [0.25, 0.3) is 22.5 Å². The maximum Gasteiger partial charge on any atom is 0.343 e. The van der Waals surface area contributed by atoms with E-state index in [0.29, 0.717) is 22.5 Å². The van der Waals surface area contributed by atoms with E-state index in [2.05, 4.69) is 0 Å². The van der Waals surface area contributed by atoms with Crippen LogP contribution in [-0.2, 0) is 6.42 Å². The fraction of sp³-hybridized carbons (Fsp3) is 0.167. The average Bonchev–Trinajstić information content (AvgIpc) is 3.34. The summed E-state index contributed by atoms with van der Waals surface area (Å²) in [4.78, 5) is 26.2. The first-order valence-electron chi connectivity index (χ1n) is 9.63. The summed E-state index contributed by atoms with van der Waals surface area (Å²) in [5.41, 5.74) is 1.06. The first-order valence-corrected chi connectivity index (χ1v) is 9.63. The molecule has 0 saturated carbocycles. The molecule has 0 aliphatic carbocycles. The number of fused-ring (bicyclic) bond motifs is 1. The molecule has 0 aliphatic rings. The predicted octanol–water partition coefficient (Wildman–Crippen LogP) is 4.85. The van der Waals surface area contributed by atoms with E-state index < -0.39 is 11.4 Å². The van der Waals surface area contributed by atoms with E-state index >= 15 is 0 Å². The molecule has 0 radical (unpaired) electrons. The third kappa shape index (κ3) is 3.77. The molecule has 2 aromatic carbocycles. The minimum absolute atomic E-state index is 0.0422. The Bertz CT molecular complexity index is 1300. The van der Waals surface area contributed by atoms with E-state index in [1.165, 1.54) is 32.6 Å². The molecule has 0 amide bonds. The second-order valence-electron chi connectivity index (χ2n) is 6.71. The predicted molar refractivity (Wildman–Crippen MR) is 114 cm³/mol. The van der Waals surface area contributed by atoms with Crippen molar-refractivity contribution < 1.29 is 27.8 Å². The van der Waals surface area contributed by atoms with E-state index in [1.54, 1.807) is 30.3 Å². The topological polar surface area (TPSA) is 88.1 Å². The Morgan fingerprint density at radius 1 is 1.00 bits per heavy atom. The number of esters is 1. The number of ether oxygens (including phenoxy) is 3. The van der Waals surface area contributed by atoms with Gasteiger partial charge in [0.1, 0.15) is 5.58 Å². The highest BCUT2D eigenvalue weighted by atomic mass is 16.5. The summed E-state index contributed by atoms with van der Waals surface area (Å²) in [5, 5.41) is 0.324. The molecule has 4 aromatic rings. The van der Waals surface area contributed by atoms with Gasteiger partial charge in [0, 0.05) is 0 Å². The number of benzene rings is 2. The van der Waals surface area contributed by atoms with Crippen molar-refractivity contribution in [2.24, 2.45) is 0 Å². The van der Waals surface area contributed by atoms with E-state index in [4.69, 9.17) is 23.0 Å². The van der Waals surface area contributed by atoms with Crippen LogP contribution >= 0.6 is 0 Å². The van der Waals surface area contributed by atoms with Crippen LogP contribution in [0.5, 0.6) is 17.2 Å². The minimum atomic E-state index is -0.743. The van der Waals surface area contributed by atoms with Gasteiger partial charge in [0.15, 0.2) is 17.3 Å². The maximum atomic E-state index is 13.3. The standard InChI is InChI=1S/C24H20O7/c1-4-14-7-9-17-16(12-14)21(25)23(22(30-17)19-6-5-11-29-19)31-24(26)15-8-10-18(27-2)20(13-15)28-3/h5-13H,4H2,1-3H3. The molecule has 0 atom stereocenters. The molecule has 2 heterocycles. The largest absolute Gasteiger partial charge is 0.493 e. The summed E-state index contributed by atoms with van der Waals surface area (Å²) < 4.78 is 27.3. The van der Waals surface area contributed by atoms with Gasteiger partial charge < -0.3 is 23.0 Å². The monoisotopic (exact) mass is 420 g/mol. The van der Waals surface area contributed by atoms with E-state index in [-0.39, 0.29) is 22.8 Å². The van der Waals surface area contributed by atoms with Crippen molar-refractivity contribution in [1.82, 2.24) is 0 Å². The lowest BCUT2D eigenvalue weighted by atomic mass is 10.1. The molecule has 7 heteroatoms. The number of carbonyl (C=O) groups excluding carboxylic acids is 1. The summed E-state index contributed by atoms with van der Waals surface area (Å²) in [5.74, 6) is 0.158. The van der Waals surface area contributed by atoms with Gasteiger partial charge in [-0.25, -0.2) is 4.79 Å². The second-order valence-corrected chi connectivity index (χ2v) is 6.71. The Labute approximate surface area is 177 Å². The molecule has 0 saturated heterocycles. The summed E-state index contributed by atoms with van der Waals surface area (Å²) in [6, 6.07) is 13.2. The lowest BCUT2D eigenvalue weighted by molar-refractivity contribution is 0.0730. The summed E-state index contributed by atoms with van der Waals surface area (Å²) in [6.45, 7) is 1.98. The third-order valence-electron chi connectivity index (χ3n) is 4.88. The van der Waals surface area contributed by atoms with Crippen LogP contribution in [0.15, 0.2) is 68.4 Å². The van der Waals surface area contributed by atoms with Crippen LogP contribution in [0.1, 0.15) is 22.8 Å². The average molecular weight is 420 g/mol. The van der Waals surface area contributed by atoms with Crippen molar-refractivity contribution in [3.05, 3.63) is 76.1 Å². The molecule has 0 aliphatic heterocycles. The fourth-order valence-electron chi connectivity index (χ4n) is 3.22. The Morgan fingerprint density at radius 2 is 1.81 bits per heavy atom. The van der Waals surface area contributed by atoms with Gasteiger partial charge in [-0.2, -0.15) is 0 Å². The van der Waals surface area contributed by atoms with Crippen LogP contribution in [0, 0.1) is 0 Å². The van der Waals surface area contributed by atoms with Crippen LogP contribution in [-0.4, -0.2) is 20.2 Å². The van der Waals surface area contributed by atoms with Crippen molar-refractivity contribution in [2.75, 3.05) is 14.2 Å². The zero-order chi connectivity index (χ0) is 22.0. The van der Waals surface area contributed by atoms with Gasteiger partial charge in [-0.1, -0.05) is 13.0 Å². The fourth-order valence-corrected chi connectivity index (χ4v) is 3.22. The Hall–Kier alpha value is -4.00. The van der Waals surface area contributed by atoms with Crippen molar-refractivity contribution >= 4 is 16.9 Å². The highest BCUT2D eigenvalue weighted by Gasteiger charge is 2.23. The van der Waals surface area contributed by atoms with E-state index in [1.807, 2.05) is 13.0 Å². The molecule has 0 spiro atoms. The smallest absolute Gasteiger partial charge is 0.343 e. The van der Waals surface area contributed by atoms with Gasteiger partial charge >= 0.3 is 5.97 Å². The van der Waals surface area contributed by atoms with Gasteiger partial charge in [0.2, 0.25) is 16.9 Å². The summed E-state index contributed by atoms with van der Waals surface area (Å²) >= 11 is 0. The zero-order valence-corrected chi connectivity index (χ0v) is 17.3. The van der Waals surface area contributed by atoms with Crippen LogP contribution < -0.4 is 19.6 Å². The summed E-state index contributed by atoms with van der Waals surface area (Å²) in [6.07, 6.45) is 2.19. The number of carbonyl (C=O) groups is 1. The van der Waals surface area contributed by atoms with Gasteiger partial charge in [0.25, 0.3) is 0 Å². The van der Waals surface area contributed by atoms with Gasteiger partial charge in [0.05, 0.1) is 31.4 Å². The Kier molecular flexibility index (Phi) is 5.49. The van der Waals surface area contributed by atoms with Gasteiger partial charge in [-0.05, 0) is 54.4 Å². The summed E-state index contributed by atoms with van der Waals surface area (Å²) in [7, 11) is 2.96. The normalized spacial score (nSPS) is 10.8. The second kappa shape index (κ2) is 8.39. The maximum absolute atomic E-state index is 13.3. The SMILES string of the molecule is CCc1ccc2oc(-c3ccco3)c(OC(=O)c3ccc(OC)c(OC)c3)c(=O)c2c1. The van der Waals surface area contributed by atoms with Crippen molar-refractivity contribution in [3.63, 3.8) is 0 Å². The van der Waals surface area contributed by atoms with Gasteiger partial charge in [-0.15, -0.1) is 0 Å². The zero-order valence-electron chi connectivity index (χ0n) is 17.3. The minimum Gasteiger partial charge on any atom is -0.493 e. The van der Waals surface area contributed by atoms with Crippen LogP contribution in [0.3, 0.4) is 0 Å². The first-order chi connectivity index (χ1) is 15.0. The highest BCUT2D eigenvalue weighted by Crippen LogP contribution is 2.33. The number of methoxy groups -OCH3 is 2. The molecule has 4 rings (SSSR count). The molecule has 0 unspecified atom stereocenters. The molecule has 158 valence electrons. The Balaban J connectivity index is 1.84. The lowest BCUT2D eigenvalue weighted by Crippen LogP contribution is -2.16. The van der Waals surface area contributed by atoms with Crippen molar-refractivity contribution in [3.8, 4) is 28.8 Å². The molecule has 0 fully saturated rings. The quantitative estimate of drug-likeness (QED) is 0.412. The van der Waals surface area contributed by atoms with Crippen molar-refractivity contribution in [2.45, 2.75) is 13.3 Å². The molecular weight excluding hydrogens is 400 g/mol. The molecule has 0 bridgehead atoms. The van der Waals surface area contributed by atoms with Crippen LogP contribution in [0.2, 0.25) is 0 Å². The first kappa shape index (κ1) is 20.3. The van der Waals surface area contributed by atoms with Gasteiger partial charge in [-0.3, -0.25) is 4.79 Å². The Morgan fingerprint density at radius 3 is 2.48 bits per heavy atom. The highest BCUT2D eigenvalue weighted by molar-refractivity contribution is 5.93. The molecule has 2 aromatic heterocycles. The lowest BCUT2D eigenvalue weighted by Gasteiger charge is -2.11. The van der Waals surface area contributed by atoms with Crippen molar-refractivity contribution in [1.29, 1.82) is 0 Å². The number of furan rings is 1. The van der Waals surface area contributed by atoms with E-state index in [9.17, 15) is 9.59 Å². The van der Waals surface area contributed by atoms with Crippen LogP contribution in [0.4, 0.5) is 0 Å².